The number of nitro groups is 1. The Morgan fingerprint density at radius 3 is 2.75 bits per heavy atom. The van der Waals surface area contributed by atoms with Crippen LogP contribution in [0.3, 0.4) is 0 Å². The molecule has 32 heavy (non-hydrogen) atoms. The first-order valence-electron chi connectivity index (χ1n) is 11.1. The maximum Gasteiger partial charge on any atom is 0.277 e. The largest absolute Gasteiger partial charge is 0.352 e. The summed E-state index contributed by atoms with van der Waals surface area (Å²) in [7, 11) is 0. The lowest BCUT2D eigenvalue weighted by Crippen LogP contribution is -2.33. The Hall–Kier alpha value is -3.33. The molecule has 9 heteroatoms. The average molecular weight is 438 g/mol. The van der Waals surface area contributed by atoms with Gasteiger partial charge in [-0.2, -0.15) is 0 Å². The van der Waals surface area contributed by atoms with Gasteiger partial charge in [0.1, 0.15) is 5.82 Å². The number of benzene rings is 1. The van der Waals surface area contributed by atoms with Crippen molar-refractivity contribution in [2.75, 3.05) is 25.0 Å². The first-order valence-corrected chi connectivity index (χ1v) is 11.1. The Labute approximate surface area is 186 Å². The lowest BCUT2D eigenvalue weighted by Gasteiger charge is -2.22. The van der Waals surface area contributed by atoms with Crippen LogP contribution < -0.4 is 16.0 Å². The quantitative estimate of drug-likeness (QED) is 0.430. The van der Waals surface area contributed by atoms with Gasteiger partial charge >= 0.3 is 0 Å². The van der Waals surface area contributed by atoms with E-state index in [9.17, 15) is 19.7 Å². The summed E-state index contributed by atoms with van der Waals surface area (Å²) >= 11 is 0. The summed E-state index contributed by atoms with van der Waals surface area (Å²) < 4.78 is 0. The minimum Gasteiger partial charge on any atom is -0.352 e. The molecule has 0 spiro atoms. The highest BCUT2D eigenvalue weighted by Gasteiger charge is 2.30. The van der Waals surface area contributed by atoms with Gasteiger partial charge in [-0.05, 0) is 80.9 Å². The normalized spacial score (nSPS) is 18.1. The van der Waals surface area contributed by atoms with Crippen LogP contribution in [0.4, 0.5) is 11.5 Å². The average Bonchev–Trinajstić information content (AvgIpc) is 3.65. The Morgan fingerprint density at radius 1 is 1.19 bits per heavy atom. The maximum absolute atomic E-state index is 12.5. The highest BCUT2D eigenvalue weighted by molar-refractivity contribution is 5.96. The van der Waals surface area contributed by atoms with E-state index in [2.05, 4.69) is 20.9 Å². The van der Waals surface area contributed by atoms with Crippen LogP contribution in [0.2, 0.25) is 0 Å². The maximum atomic E-state index is 12.5. The van der Waals surface area contributed by atoms with Gasteiger partial charge < -0.3 is 16.0 Å². The van der Waals surface area contributed by atoms with E-state index < -0.39 is 4.92 Å². The minimum atomic E-state index is -0.497. The standard InChI is InChI=1S/C23H27N5O4/c29-22(26-10-7-15-2-1-9-24-14-15)18-5-6-19(20(12-18)28(31)32)17-8-11-25-21(13-17)27-23(30)16-3-4-16/h5-6,8,11-13,15-16,24H,1-4,7,9-10,14H2,(H,26,29)(H,25,27,30). The van der Waals surface area contributed by atoms with Crippen molar-refractivity contribution in [3.05, 3.63) is 52.2 Å². The molecule has 0 radical (unpaired) electrons. The zero-order valence-electron chi connectivity index (χ0n) is 17.8. The van der Waals surface area contributed by atoms with E-state index in [0.717, 1.165) is 45.2 Å². The van der Waals surface area contributed by atoms with Gasteiger partial charge in [-0.15, -0.1) is 0 Å². The third-order valence-corrected chi connectivity index (χ3v) is 5.96. The third-order valence-electron chi connectivity index (χ3n) is 5.96. The van der Waals surface area contributed by atoms with E-state index in [1.165, 1.54) is 12.3 Å². The van der Waals surface area contributed by atoms with Gasteiger partial charge in [-0.3, -0.25) is 19.7 Å². The second-order valence-corrected chi connectivity index (χ2v) is 8.44. The minimum absolute atomic E-state index is 0.0296. The van der Waals surface area contributed by atoms with Crippen LogP contribution in [0.15, 0.2) is 36.5 Å². The van der Waals surface area contributed by atoms with Crippen LogP contribution in [0.25, 0.3) is 11.1 Å². The number of nitrogens with one attached hydrogen (secondary N) is 3. The molecule has 168 valence electrons. The third kappa shape index (κ3) is 5.47. The number of nitrogens with zero attached hydrogens (tertiary/aromatic N) is 2. The summed E-state index contributed by atoms with van der Waals surface area (Å²) in [5.74, 6) is 0.521. The van der Waals surface area contributed by atoms with E-state index in [4.69, 9.17) is 0 Å². The number of piperidine rings is 1. The second kappa shape index (κ2) is 9.86. The molecule has 1 aliphatic carbocycles. The molecule has 1 aromatic carbocycles. The molecule has 3 N–H and O–H groups in total. The van der Waals surface area contributed by atoms with Crippen molar-refractivity contribution in [1.82, 2.24) is 15.6 Å². The number of carbonyl (C=O) groups excluding carboxylic acids is 2. The molecule has 4 rings (SSSR count). The highest BCUT2D eigenvalue weighted by Crippen LogP contribution is 2.33. The fraction of sp³-hybridized carbons (Fsp3) is 0.435. The molecule has 1 aliphatic heterocycles. The molecule has 1 saturated heterocycles. The summed E-state index contributed by atoms with van der Waals surface area (Å²) in [6.45, 7) is 2.55. The Kier molecular flexibility index (Phi) is 6.75. The topological polar surface area (TPSA) is 126 Å². The number of rotatable bonds is 8. The molecular formula is C23H27N5O4. The van der Waals surface area contributed by atoms with Crippen molar-refractivity contribution in [2.24, 2.45) is 11.8 Å². The molecule has 2 aliphatic rings. The number of hydrogen-bond acceptors (Lipinski definition) is 6. The van der Waals surface area contributed by atoms with Crippen LogP contribution in [-0.4, -0.2) is 41.4 Å². The summed E-state index contributed by atoms with van der Waals surface area (Å²) in [4.78, 5) is 39.9. The molecular weight excluding hydrogens is 410 g/mol. The zero-order chi connectivity index (χ0) is 22.5. The van der Waals surface area contributed by atoms with Gasteiger partial charge in [-0.1, -0.05) is 0 Å². The van der Waals surface area contributed by atoms with Crippen molar-refractivity contribution < 1.29 is 14.5 Å². The predicted molar refractivity (Wildman–Crippen MR) is 120 cm³/mol. The molecule has 2 aromatic rings. The predicted octanol–water partition coefficient (Wildman–Crippen LogP) is 3.12. The van der Waals surface area contributed by atoms with Crippen molar-refractivity contribution in [1.29, 1.82) is 0 Å². The van der Waals surface area contributed by atoms with Gasteiger partial charge in [0.05, 0.1) is 10.5 Å². The van der Waals surface area contributed by atoms with E-state index in [1.807, 2.05) is 0 Å². The number of anilines is 1. The summed E-state index contributed by atoms with van der Waals surface area (Å²) in [6, 6.07) is 7.71. The molecule has 0 bridgehead atoms. The lowest BCUT2D eigenvalue weighted by atomic mass is 9.96. The van der Waals surface area contributed by atoms with Crippen molar-refractivity contribution >= 4 is 23.3 Å². The van der Waals surface area contributed by atoms with E-state index >= 15 is 0 Å². The smallest absolute Gasteiger partial charge is 0.277 e. The van der Waals surface area contributed by atoms with Crippen LogP contribution in [0.1, 0.15) is 42.5 Å². The van der Waals surface area contributed by atoms with Gasteiger partial charge in [-0.25, -0.2) is 4.98 Å². The van der Waals surface area contributed by atoms with Crippen LogP contribution in [0.5, 0.6) is 0 Å². The number of hydrogen-bond donors (Lipinski definition) is 3. The fourth-order valence-electron chi connectivity index (χ4n) is 3.97. The molecule has 2 heterocycles. The lowest BCUT2D eigenvalue weighted by molar-refractivity contribution is -0.384. The van der Waals surface area contributed by atoms with Crippen molar-refractivity contribution in [3.63, 3.8) is 0 Å². The van der Waals surface area contributed by atoms with Gasteiger partial charge in [0, 0.05) is 30.3 Å². The van der Waals surface area contributed by atoms with Gasteiger partial charge in [0.15, 0.2) is 0 Å². The van der Waals surface area contributed by atoms with E-state index in [0.29, 0.717) is 29.4 Å². The van der Waals surface area contributed by atoms with Crippen LogP contribution in [-0.2, 0) is 4.79 Å². The van der Waals surface area contributed by atoms with E-state index in [1.54, 1.807) is 24.3 Å². The fourth-order valence-corrected chi connectivity index (χ4v) is 3.97. The van der Waals surface area contributed by atoms with Crippen LogP contribution >= 0.6 is 0 Å². The molecule has 1 atom stereocenters. The first kappa shape index (κ1) is 21.9. The highest BCUT2D eigenvalue weighted by atomic mass is 16.6. The van der Waals surface area contributed by atoms with Gasteiger partial charge in [0.25, 0.3) is 11.6 Å². The number of pyridine rings is 1. The monoisotopic (exact) mass is 437 g/mol. The molecule has 1 saturated carbocycles. The summed E-state index contributed by atoms with van der Waals surface area (Å²) in [5.41, 5.74) is 0.997. The van der Waals surface area contributed by atoms with Crippen molar-refractivity contribution in [2.45, 2.75) is 32.1 Å². The SMILES string of the molecule is O=C(NCCC1CCCNC1)c1ccc(-c2ccnc(NC(=O)C3CC3)c2)c([N+](=O)[O-])c1. The number of nitro benzene ring substituents is 1. The number of amides is 2. The van der Waals surface area contributed by atoms with Crippen LogP contribution in [0, 0.1) is 22.0 Å². The Morgan fingerprint density at radius 2 is 2.03 bits per heavy atom. The molecule has 1 unspecified atom stereocenters. The first-order chi connectivity index (χ1) is 15.5. The Bertz CT molecular complexity index is 1020. The number of carbonyl (C=O) groups is 2. The molecule has 9 nitrogen and oxygen atoms in total. The zero-order valence-corrected chi connectivity index (χ0v) is 17.8. The summed E-state index contributed by atoms with van der Waals surface area (Å²) in [6.07, 6.45) is 6.43. The van der Waals surface area contributed by atoms with Gasteiger partial charge in [0.2, 0.25) is 5.91 Å². The van der Waals surface area contributed by atoms with Crippen molar-refractivity contribution in [3.8, 4) is 11.1 Å². The number of aromatic nitrogens is 1. The Balaban J connectivity index is 1.46. The molecule has 2 fully saturated rings. The second-order valence-electron chi connectivity index (χ2n) is 8.44. The molecule has 2 amide bonds. The molecule has 1 aromatic heterocycles. The van der Waals surface area contributed by atoms with E-state index in [-0.39, 0.29) is 29.0 Å². The summed E-state index contributed by atoms with van der Waals surface area (Å²) in [5, 5.41) is 20.7.